The van der Waals surface area contributed by atoms with Gasteiger partial charge in [-0.15, -0.1) is 5.10 Å². The molecule has 0 aliphatic carbocycles. The number of ether oxygens (including phenoxy) is 1. The lowest BCUT2D eigenvalue weighted by molar-refractivity contribution is 0.0302. The first-order valence-corrected chi connectivity index (χ1v) is 12.4. The molecule has 4 rings (SSSR count). The highest BCUT2D eigenvalue weighted by molar-refractivity contribution is 9.11. The molecule has 2 aromatic heterocycles. The Balaban J connectivity index is 1.53. The maximum absolute atomic E-state index is 12.8. The molecule has 0 saturated carbocycles. The molecule has 3 aromatic rings. The van der Waals surface area contributed by atoms with Gasteiger partial charge in [-0.25, -0.2) is 9.97 Å². The van der Waals surface area contributed by atoms with E-state index in [1.807, 2.05) is 13.0 Å². The highest BCUT2D eigenvalue weighted by Gasteiger charge is 2.22. The maximum atomic E-state index is 12.8. The predicted octanol–water partition coefficient (Wildman–Crippen LogP) is 3.91. The number of nitrogens with zero attached hydrogens (tertiary/aromatic N) is 5. The Bertz CT molecular complexity index is 1160. The number of rotatable bonds is 5. The largest absolute Gasteiger partial charge is 0.378 e. The van der Waals surface area contributed by atoms with Crippen molar-refractivity contribution in [2.45, 2.75) is 13.0 Å². The van der Waals surface area contributed by atoms with E-state index in [1.165, 1.54) is 10.9 Å². The van der Waals surface area contributed by atoms with Crippen LogP contribution in [0.3, 0.4) is 0 Å². The lowest BCUT2D eigenvalue weighted by atomic mass is 10.2. The van der Waals surface area contributed by atoms with Crippen LogP contribution in [-0.4, -0.2) is 62.8 Å². The van der Waals surface area contributed by atoms with E-state index in [0.29, 0.717) is 53.8 Å². The summed E-state index contributed by atoms with van der Waals surface area (Å²) in [7, 11) is 0. The third kappa shape index (κ3) is 5.68. The van der Waals surface area contributed by atoms with Gasteiger partial charge in [0.15, 0.2) is 11.6 Å². The molecule has 1 fully saturated rings. The summed E-state index contributed by atoms with van der Waals surface area (Å²) in [4.78, 5) is 36.0. The van der Waals surface area contributed by atoms with Crippen molar-refractivity contribution in [1.29, 1.82) is 0 Å². The summed E-state index contributed by atoms with van der Waals surface area (Å²) >= 11 is 10.1. The third-order valence-corrected chi connectivity index (χ3v) is 6.23. The van der Waals surface area contributed by atoms with Crippen molar-refractivity contribution in [2.75, 3.05) is 26.3 Å². The highest BCUT2D eigenvalue weighted by Crippen LogP contribution is 2.22. The molecule has 1 aliphatic rings. The van der Waals surface area contributed by atoms with Gasteiger partial charge in [0.05, 0.1) is 24.8 Å². The molecule has 0 spiro atoms. The Morgan fingerprint density at radius 1 is 1.06 bits per heavy atom. The van der Waals surface area contributed by atoms with Gasteiger partial charge >= 0.3 is 0 Å². The van der Waals surface area contributed by atoms with Crippen LogP contribution in [0.4, 0.5) is 0 Å². The van der Waals surface area contributed by atoms with E-state index in [0.717, 1.165) is 8.95 Å². The Hall–Kier alpha value is -2.15. The molecule has 0 radical (unpaired) electrons. The summed E-state index contributed by atoms with van der Waals surface area (Å²) < 4.78 is 8.77. The Kier molecular flexibility index (Phi) is 7.57. The number of pyridine rings is 1. The van der Waals surface area contributed by atoms with Crippen molar-refractivity contribution in [1.82, 2.24) is 30.0 Å². The minimum atomic E-state index is -0.467. The first-order chi connectivity index (χ1) is 15.8. The zero-order chi connectivity index (χ0) is 23.5. The van der Waals surface area contributed by atoms with Crippen LogP contribution in [-0.2, 0) is 4.74 Å². The summed E-state index contributed by atoms with van der Waals surface area (Å²) in [6, 6.07) is 8.27. The molecule has 33 heavy (non-hydrogen) atoms. The number of hydrogen-bond donors (Lipinski definition) is 1. The van der Waals surface area contributed by atoms with Crippen molar-refractivity contribution in [2.24, 2.45) is 0 Å². The van der Waals surface area contributed by atoms with Crippen LogP contribution in [0.2, 0.25) is 0 Å². The van der Waals surface area contributed by atoms with Crippen LogP contribution in [0.1, 0.15) is 39.5 Å². The first-order valence-electron chi connectivity index (χ1n) is 10.0. The smallest absolute Gasteiger partial charge is 0.255 e. The summed E-state index contributed by atoms with van der Waals surface area (Å²) in [6.45, 7) is 4.01. The van der Waals surface area contributed by atoms with Gasteiger partial charge in [-0.05, 0) is 53.2 Å². The number of carbonyl (C=O) groups is 2. The van der Waals surface area contributed by atoms with Crippen LogP contribution >= 0.6 is 47.8 Å². The van der Waals surface area contributed by atoms with Gasteiger partial charge in [-0.2, -0.15) is 4.68 Å². The molecule has 1 N–H and O–H groups in total. The summed E-state index contributed by atoms with van der Waals surface area (Å²) in [5.41, 5.74) is 0.986. The second-order valence-electron chi connectivity index (χ2n) is 7.31. The monoisotopic (exact) mass is 640 g/mol. The van der Waals surface area contributed by atoms with Gasteiger partial charge in [-0.3, -0.25) is 9.59 Å². The summed E-state index contributed by atoms with van der Waals surface area (Å²) in [5, 5.41) is 7.29. The van der Waals surface area contributed by atoms with Crippen LogP contribution in [0, 0.1) is 0 Å². The number of nitrogens with one attached hydrogen (secondary N) is 1. The number of hydrogen-bond acceptors (Lipinski definition) is 6. The van der Waals surface area contributed by atoms with E-state index in [9.17, 15) is 9.59 Å². The molecule has 1 atom stereocenters. The standard InChI is InChI=1S/C21H19Br3N6O3/c1-12(26-19(31)14-8-15(22)10-16(23)9-14)18-27-21(24)28-30(18)17-3-2-13(11-25-17)20(32)29-4-6-33-7-5-29/h2-3,8-12H,4-7H2,1H3,(H,26,31). The molecule has 1 aliphatic heterocycles. The van der Waals surface area contributed by atoms with Crippen LogP contribution in [0.5, 0.6) is 0 Å². The summed E-state index contributed by atoms with van der Waals surface area (Å²) in [5.74, 6) is 0.629. The molecule has 1 unspecified atom stereocenters. The van der Waals surface area contributed by atoms with E-state index < -0.39 is 6.04 Å². The van der Waals surface area contributed by atoms with Crippen molar-refractivity contribution in [3.05, 3.63) is 67.2 Å². The fourth-order valence-electron chi connectivity index (χ4n) is 3.36. The minimum absolute atomic E-state index is 0.0850. The molecule has 172 valence electrons. The second kappa shape index (κ2) is 10.4. The van der Waals surface area contributed by atoms with Gasteiger partial charge in [0, 0.05) is 33.8 Å². The fourth-order valence-corrected chi connectivity index (χ4v) is 5.00. The van der Waals surface area contributed by atoms with Crippen LogP contribution in [0.25, 0.3) is 5.82 Å². The first kappa shape index (κ1) is 24.0. The Morgan fingerprint density at radius 2 is 1.76 bits per heavy atom. The van der Waals surface area contributed by atoms with E-state index in [2.05, 4.69) is 68.2 Å². The number of morpholine rings is 1. The molecule has 1 saturated heterocycles. The maximum Gasteiger partial charge on any atom is 0.255 e. The lowest BCUT2D eigenvalue weighted by Gasteiger charge is -2.26. The second-order valence-corrected chi connectivity index (χ2v) is 9.85. The summed E-state index contributed by atoms with van der Waals surface area (Å²) in [6.07, 6.45) is 1.52. The van der Waals surface area contributed by atoms with Crippen molar-refractivity contribution in [3.63, 3.8) is 0 Å². The number of halogens is 3. The molecule has 1 aromatic carbocycles. The van der Waals surface area contributed by atoms with E-state index in [4.69, 9.17) is 4.74 Å². The SMILES string of the molecule is CC(NC(=O)c1cc(Br)cc(Br)c1)c1nc(Br)nn1-c1ccc(C(=O)N2CCOCC2)cn1. The molecule has 2 amide bonds. The minimum Gasteiger partial charge on any atom is -0.378 e. The zero-order valence-corrected chi connectivity index (χ0v) is 22.2. The zero-order valence-electron chi connectivity index (χ0n) is 17.5. The third-order valence-electron chi connectivity index (χ3n) is 4.98. The molecule has 12 heteroatoms. The van der Waals surface area contributed by atoms with Crippen molar-refractivity contribution in [3.8, 4) is 5.82 Å². The van der Waals surface area contributed by atoms with Crippen LogP contribution < -0.4 is 5.32 Å². The number of benzene rings is 1. The highest BCUT2D eigenvalue weighted by atomic mass is 79.9. The van der Waals surface area contributed by atoms with Crippen molar-refractivity contribution >= 4 is 59.6 Å². The normalized spacial score (nSPS) is 14.7. The average molecular weight is 643 g/mol. The molecule has 3 heterocycles. The topological polar surface area (TPSA) is 102 Å². The van der Waals surface area contributed by atoms with Crippen LogP contribution in [0.15, 0.2) is 50.2 Å². The van der Waals surface area contributed by atoms with Gasteiger partial charge in [0.1, 0.15) is 0 Å². The van der Waals surface area contributed by atoms with E-state index in [1.54, 1.807) is 29.2 Å². The average Bonchev–Trinajstić information content (AvgIpc) is 3.20. The molecular weight excluding hydrogens is 624 g/mol. The lowest BCUT2D eigenvalue weighted by Crippen LogP contribution is -2.40. The van der Waals surface area contributed by atoms with Gasteiger partial charge in [0.2, 0.25) is 4.73 Å². The van der Waals surface area contributed by atoms with E-state index in [-0.39, 0.29) is 11.8 Å². The van der Waals surface area contributed by atoms with Crippen molar-refractivity contribution < 1.29 is 14.3 Å². The number of aromatic nitrogens is 4. The number of carbonyl (C=O) groups excluding carboxylic acids is 2. The quantitative estimate of drug-likeness (QED) is 0.453. The molecule has 0 bridgehead atoms. The Morgan fingerprint density at radius 3 is 2.39 bits per heavy atom. The van der Waals surface area contributed by atoms with E-state index >= 15 is 0 Å². The van der Waals surface area contributed by atoms with Gasteiger partial charge < -0.3 is 15.0 Å². The molecular formula is C21H19Br3N6O3. The number of amides is 2. The Labute approximate surface area is 215 Å². The molecule has 9 nitrogen and oxygen atoms in total. The predicted molar refractivity (Wildman–Crippen MR) is 131 cm³/mol. The fraction of sp³-hybridized carbons (Fsp3) is 0.286. The van der Waals surface area contributed by atoms with Gasteiger partial charge in [-0.1, -0.05) is 31.9 Å². The van der Waals surface area contributed by atoms with Gasteiger partial charge in [0.25, 0.3) is 11.8 Å².